The van der Waals surface area contributed by atoms with Crippen LogP contribution in [0.1, 0.15) is 12.8 Å². The Balaban J connectivity index is 1.26. The fourth-order valence-electron chi connectivity index (χ4n) is 4.16. The molecular formula is C21H27N3O3. The third-order valence-electron chi connectivity index (χ3n) is 5.81. The molecule has 0 unspecified atom stereocenters. The van der Waals surface area contributed by atoms with Crippen molar-refractivity contribution >= 4 is 16.8 Å². The smallest absolute Gasteiger partial charge is 0.317 e. The molecule has 0 aliphatic carbocycles. The number of carbonyl (C=O) groups is 1. The molecule has 2 fully saturated rings. The molecule has 0 spiro atoms. The fraction of sp³-hybridized carbons (Fsp3) is 0.476. The third-order valence-corrected chi connectivity index (χ3v) is 5.81. The number of ether oxygens (including phenoxy) is 1. The lowest BCUT2D eigenvalue weighted by Crippen LogP contribution is -2.61. The Bertz CT molecular complexity index is 807. The highest BCUT2D eigenvalue weighted by Crippen LogP contribution is 2.32. The molecule has 2 saturated heterocycles. The van der Waals surface area contributed by atoms with Gasteiger partial charge in [0.15, 0.2) is 0 Å². The summed E-state index contributed by atoms with van der Waals surface area (Å²) < 4.78 is 5.88. The summed E-state index contributed by atoms with van der Waals surface area (Å²) in [5, 5.41) is 19.2. The monoisotopic (exact) mass is 369 g/mol. The van der Waals surface area contributed by atoms with E-state index < -0.39 is 5.60 Å². The highest BCUT2D eigenvalue weighted by Gasteiger charge is 2.43. The highest BCUT2D eigenvalue weighted by atomic mass is 16.5. The molecule has 2 heterocycles. The Morgan fingerprint density at radius 3 is 3.04 bits per heavy atom. The van der Waals surface area contributed by atoms with Gasteiger partial charge in [-0.1, -0.05) is 36.4 Å². The summed E-state index contributed by atoms with van der Waals surface area (Å²) in [6, 6.07) is 14.0. The number of benzene rings is 2. The van der Waals surface area contributed by atoms with Crippen molar-refractivity contribution in [3.8, 4) is 5.75 Å². The van der Waals surface area contributed by atoms with E-state index in [0.29, 0.717) is 32.7 Å². The van der Waals surface area contributed by atoms with Crippen LogP contribution in [-0.4, -0.2) is 61.0 Å². The molecule has 27 heavy (non-hydrogen) atoms. The van der Waals surface area contributed by atoms with Crippen molar-refractivity contribution in [2.75, 3.05) is 39.3 Å². The number of carbonyl (C=O) groups excluding carboxylic acids is 1. The summed E-state index contributed by atoms with van der Waals surface area (Å²) in [5.74, 6) is 0.941. The van der Waals surface area contributed by atoms with Crippen molar-refractivity contribution in [2.24, 2.45) is 5.92 Å². The fourth-order valence-corrected chi connectivity index (χ4v) is 4.16. The Labute approximate surface area is 159 Å². The Hall–Kier alpha value is -2.31. The predicted molar refractivity (Wildman–Crippen MR) is 105 cm³/mol. The number of aliphatic hydroxyl groups is 1. The standard InChI is InChI=1S/C21H27N3O3/c25-20(24-12-9-21(26)8-10-22-14-17(21)15-24)23-11-13-27-19-7-3-5-16-4-1-2-6-18(16)19/h1-7,17,22,26H,8-15H2,(H,23,25)/t17-,21-/m0/s1. The van der Waals surface area contributed by atoms with Crippen molar-refractivity contribution < 1.29 is 14.6 Å². The first kappa shape index (κ1) is 18.1. The van der Waals surface area contributed by atoms with E-state index in [0.717, 1.165) is 36.0 Å². The molecule has 6 nitrogen and oxygen atoms in total. The van der Waals surface area contributed by atoms with Crippen LogP contribution < -0.4 is 15.4 Å². The van der Waals surface area contributed by atoms with Crippen molar-refractivity contribution in [1.82, 2.24) is 15.5 Å². The maximum Gasteiger partial charge on any atom is 0.317 e. The second-order valence-electron chi connectivity index (χ2n) is 7.51. The van der Waals surface area contributed by atoms with Gasteiger partial charge in [-0.25, -0.2) is 4.79 Å². The zero-order valence-corrected chi connectivity index (χ0v) is 15.5. The minimum absolute atomic E-state index is 0.0795. The first-order valence-electron chi connectivity index (χ1n) is 9.72. The molecule has 0 aromatic heterocycles. The third kappa shape index (κ3) is 3.87. The molecule has 144 valence electrons. The van der Waals surface area contributed by atoms with Gasteiger partial charge in [-0.2, -0.15) is 0 Å². The van der Waals surface area contributed by atoms with Gasteiger partial charge in [-0.3, -0.25) is 0 Å². The van der Waals surface area contributed by atoms with Crippen LogP contribution >= 0.6 is 0 Å². The lowest BCUT2D eigenvalue weighted by molar-refractivity contribution is -0.0800. The normalized spacial score (nSPS) is 25.1. The van der Waals surface area contributed by atoms with E-state index in [1.165, 1.54) is 0 Å². The predicted octanol–water partition coefficient (Wildman–Crippen LogP) is 1.97. The summed E-state index contributed by atoms with van der Waals surface area (Å²) in [6.45, 7) is 3.69. The SMILES string of the molecule is O=C(NCCOc1cccc2ccccc12)N1CC[C@@]2(O)CCNC[C@H]2C1. The van der Waals surface area contributed by atoms with Crippen LogP contribution in [-0.2, 0) is 0 Å². The van der Waals surface area contributed by atoms with Gasteiger partial charge in [-0.05, 0) is 30.8 Å². The number of fused-ring (bicyclic) bond motifs is 2. The molecule has 2 aromatic carbocycles. The molecule has 4 rings (SSSR count). The van der Waals surface area contributed by atoms with E-state index >= 15 is 0 Å². The largest absolute Gasteiger partial charge is 0.491 e. The van der Waals surface area contributed by atoms with Gasteiger partial charge in [0.1, 0.15) is 12.4 Å². The lowest BCUT2D eigenvalue weighted by atomic mass is 9.76. The molecule has 2 amide bonds. The number of hydrogen-bond acceptors (Lipinski definition) is 4. The molecule has 0 radical (unpaired) electrons. The van der Waals surface area contributed by atoms with Crippen LogP contribution in [0, 0.1) is 5.92 Å². The first-order chi connectivity index (χ1) is 13.2. The van der Waals surface area contributed by atoms with Gasteiger partial charge in [0.2, 0.25) is 0 Å². The average Bonchev–Trinajstić information content (AvgIpc) is 2.70. The molecule has 0 saturated carbocycles. The van der Waals surface area contributed by atoms with Crippen molar-refractivity contribution in [3.05, 3.63) is 42.5 Å². The summed E-state index contributed by atoms with van der Waals surface area (Å²) in [7, 11) is 0. The van der Waals surface area contributed by atoms with Crippen LogP contribution in [0.5, 0.6) is 5.75 Å². The summed E-state index contributed by atoms with van der Waals surface area (Å²) in [5.41, 5.74) is -0.612. The van der Waals surface area contributed by atoms with E-state index in [1.807, 2.05) is 35.2 Å². The quantitative estimate of drug-likeness (QED) is 0.721. The minimum Gasteiger partial charge on any atom is -0.491 e. The molecule has 6 heteroatoms. The number of nitrogens with one attached hydrogen (secondary N) is 2. The number of hydrogen-bond donors (Lipinski definition) is 3. The van der Waals surface area contributed by atoms with Gasteiger partial charge in [0.25, 0.3) is 0 Å². The van der Waals surface area contributed by atoms with E-state index in [-0.39, 0.29) is 11.9 Å². The van der Waals surface area contributed by atoms with Crippen LogP contribution in [0.3, 0.4) is 0 Å². The van der Waals surface area contributed by atoms with Gasteiger partial charge >= 0.3 is 6.03 Å². The maximum absolute atomic E-state index is 12.5. The lowest BCUT2D eigenvalue weighted by Gasteiger charge is -2.47. The van der Waals surface area contributed by atoms with Crippen LogP contribution in [0.25, 0.3) is 10.8 Å². The number of likely N-dealkylation sites (tertiary alicyclic amines) is 1. The van der Waals surface area contributed by atoms with E-state index in [4.69, 9.17) is 4.74 Å². The van der Waals surface area contributed by atoms with E-state index in [2.05, 4.69) is 22.8 Å². The zero-order chi connectivity index (χ0) is 18.7. The number of piperidine rings is 2. The van der Waals surface area contributed by atoms with Crippen molar-refractivity contribution in [3.63, 3.8) is 0 Å². The Morgan fingerprint density at radius 1 is 1.26 bits per heavy atom. The Morgan fingerprint density at radius 2 is 2.11 bits per heavy atom. The number of amides is 2. The molecule has 0 bridgehead atoms. The summed E-state index contributed by atoms with van der Waals surface area (Å²) in [4.78, 5) is 14.3. The number of urea groups is 1. The topological polar surface area (TPSA) is 73.8 Å². The molecular weight excluding hydrogens is 342 g/mol. The maximum atomic E-state index is 12.5. The van der Waals surface area contributed by atoms with Gasteiger partial charge in [-0.15, -0.1) is 0 Å². The summed E-state index contributed by atoms with van der Waals surface area (Å²) in [6.07, 6.45) is 1.42. The van der Waals surface area contributed by atoms with Crippen LogP contribution in [0.4, 0.5) is 4.79 Å². The second-order valence-corrected chi connectivity index (χ2v) is 7.51. The Kier molecular flexibility index (Phi) is 5.18. The number of nitrogens with zero attached hydrogens (tertiary/aromatic N) is 1. The second kappa shape index (κ2) is 7.74. The minimum atomic E-state index is -0.612. The van der Waals surface area contributed by atoms with Gasteiger partial charge in [0, 0.05) is 30.9 Å². The molecule has 2 aliphatic rings. The highest BCUT2D eigenvalue weighted by molar-refractivity contribution is 5.88. The molecule has 2 atom stereocenters. The van der Waals surface area contributed by atoms with Crippen molar-refractivity contribution in [1.29, 1.82) is 0 Å². The zero-order valence-electron chi connectivity index (χ0n) is 15.5. The average molecular weight is 369 g/mol. The van der Waals surface area contributed by atoms with E-state index in [9.17, 15) is 9.90 Å². The number of rotatable bonds is 4. The van der Waals surface area contributed by atoms with Crippen LogP contribution in [0.15, 0.2) is 42.5 Å². The van der Waals surface area contributed by atoms with Crippen molar-refractivity contribution in [2.45, 2.75) is 18.4 Å². The van der Waals surface area contributed by atoms with Gasteiger partial charge in [0.05, 0.1) is 12.1 Å². The molecule has 3 N–H and O–H groups in total. The first-order valence-corrected chi connectivity index (χ1v) is 9.72. The van der Waals surface area contributed by atoms with E-state index in [1.54, 1.807) is 0 Å². The van der Waals surface area contributed by atoms with Crippen LogP contribution in [0.2, 0.25) is 0 Å². The summed E-state index contributed by atoms with van der Waals surface area (Å²) >= 11 is 0. The molecule has 2 aromatic rings. The van der Waals surface area contributed by atoms with Gasteiger partial charge < -0.3 is 25.4 Å². The molecule has 2 aliphatic heterocycles.